The number of benzene rings is 1. The van der Waals surface area contributed by atoms with Gasteiger partial charge in [0.1, 0.15) is 5.82 Å². The van der Waals surface area contributed by atoms with E-state index in [9.17, 15) is 19.6 Å². The molecule has 2 aliphatic heterocycles. The van der Waals surface area contributed by atoms with Gasteiger partial charge in [0.05, 0.1) is 6.54 Å². The number of hydrogen-bond donors (Lipinski definition) is 0. The Hall–Kier alpha value is -4.32. The smallest absolute Gasteiger partial charge is 0.320 e. The van der Waals surface area contributed by atoms with Gasteiger partial charge >= 0.3 is 6.03 Å². The lowest BCUT2D eigenvalue weighted by Gasteiger charge is -2.40. The molecule has 2 fully saturated rings. The van der Waals surface area contributed by atoms with Crippen molar-refractivity contribution in [1.29, 1.82) is 0 Å². The molecule has 1 aromatic carbocycles. The number of amides is 2. The number of piperazine rings is 2. The molecular formula is C27H30N8O4. The Labute approximate surface area is 225 Å². The van der Waals surface area contributed by atoms with Crippen molar-refractivity contribution >= 4 is 23.4 Å². The predicted molar refractivity (Wildman–Crippen MR) is 141 cm³/mol. The second-order valence-electron chi connectivity index (χ2n) is 10.0. The van der Waals surface area contributed by atoms with Gasteiger partial charge in [-0.2, -0.15) is 0 Å². The molecule has 202 valence electrons. The number of fused-ring (bicyclic) bond motifs is 2. The van der Waals surface area contributed by atoms with Crippen molar-refractivity contribution in [3.8, 4) is 0 Å². The van der Waals surface area contributed by atoms with Crippen molar-refractivity contribution < 1.29 is 19.3 Å². The van der Waals surface area contributed by atoms with Gasteiger partial charge in [0, 0.05) is 86.3 Å². The van der Waals surface area contributed by atoms with E-state index in [1.165, 1.54) is 4.68 Å². The fourth-order valence-electron chi connectivity index (χ4n) is 5.58. The molecule has 3 aromatic rings. The van der Waals surface area contributed by atoms with Crippen LogP contribution in [0.1, 0.15) is 38.5 Å². The zero-order valence-electron chi connectivity index (χ0n) is 21.6. The monoisotopic (exact) mass is 530 g/mol. The molecule has 0 spiro atoms. The quantitative estimate of drug-likeness (QED) is 0.272. The molecule has 0 atom stereocenters. The molecule has 3 aliphatic rings. The third-order valence-electron chi connectivity index (χ3n) is 7.73. The Balaban J connectivity index is 0.989. The molecule has 12 heteroatoms. The van der Waals surface area contributed by atoms with E-state index in [2.05, 4.69) is 19.9 Å². The first-order chi connectivity index (χ1) is 19.0. The first kappa shape index (κ1) is 25.0. The molecular weight excluding hydrogens is 500 g/mol. The number of aromatic nitrogens is 4. The van der Waals surface area contributed by atoms with Crippen LogP contribution < -0.4 is 9.86 Å². The molecule has 12 nitrogen and oxygen atoms in total. The van der Waals surface area contributed by atoms with Gasteiger partial charge in [0.15, 0.2) is 5.69 Å². The average molecular weight is 531 g/mol. The molecule has 0 saturated carbocycles. The number of carbonyl (C=O) groups excluding carboxylic acids is 3. The van der Waals surface area contributed by atoms with Crippen LogP contribution in [0.3, 0.4) is 0 Å². The summed E-state index contributed by atoms with van der Waals surface area (Å²) >= 11 is 0. The van der Waals surface area contributed by atoms with Gasteiger partial charge in [0.2, 0.25) is 17.3 Å². The number of carbonyl (C=O) groups is 3. The van der Waals surface area contributed by atoms with Crippen molar-refractivity contribution in [1.82, 2.24) is 29.5 Å². The summed E-state index contributed by atoms with van der Waals surface area (Å²) in [6.45, 7) is 6.62. The van der Waals surface area contributed by atoms with Crippen LogP contribution in [0.4, 0.5) is 10.6 Å². The lowest BCUT2D eigenvalue weighted by molar-refractivity contribution is -0.749. The third-order valence-corrected chi connectivity index (χ3v) is 7.73. The SMILES string of the molecule is O=C1c2ccccc2C(=O)c2c1n[n+]([O-])n2CCCN1CCN(C(=O)N2CCN(c3ccccn3)CC2)CC1. The second-order valence-corrected chi connectivity index (χ2v) is 10.0. The summed E-state index contributed by atoms with van der Waals surface area (Å²) in [5.74, 6) is 0.190. The number of nitrogens with zero attached hydrogens (tertiary/aromatic N) is 8. The van der Waals surface area contributed by atoms with Crippen LogP contribution in [-0.2, 0) is 6.54 Å². The molecule has 2 aromatic heterocycles. The molecule has 0 N–H and O–H groups in total. The van der Waals surface area contributed by atoms with Crippen LogP contribution in [0.15, 0.2) is 48.7 Å². The maximum absolute atomic E-state index is 13.1. The van der Waals surface area contributed by atoms with Gasteiger partial charge in [-0.1, -0.05) is 30.3 Å². The van der Waals surface area contributed by atoms with Gasteiger partial charge in [0.25, 0.3) is 0 Å². The lowest BCUT2D eigenvalue weighted by Crippen LogP contribution is -2.57. The van der Waals surface area contributed by atoms with Crippen LogP contribution >= 0.6 is 0 Å². The highest BCUT2D eigenvalue weighted by molar-refractivity contribution is 6.26. The number of hydrogen-bond acceptors (Lipinski definition) is 8. The molecule has 1 aliphatic carbocycles. The van der Waals surface area contributed by atoms with E-state index in [4.69, 9.17) is 0 Å². The fourth-order valence-corrected chi connectivity index (χ4v) is 5.58. The maximum Gasteiger partial charge on any atom is 0.320 e. The highest BCUT2D eigenvalue weighted by atomic mass is 16.5. The summed E-state index contributed by atoms with van der Waals surface area (Å²) in [6, 6.07) is 12.5. The highest BCUT2D eigenvalue weighted by Gasteiger charge is 2.39. The first-order valence-electron chi connectivity index (χ1n) is 13.3. The van der Waals surface area contributed by atoms with Crippen molar-refractivity contribution in [2.24, 2.45) is 0 Å². The van der Waals surface area contributed by atoms with Gasteiger partial charge in [-0.05, 0) is 18.6 Å². The lowest BCUT2D eigenvalue weighted by atomic mass is 9.90. The number of urea groups is 1. The van der Waals surface area contributed by atoms with Crippen molar-refractivity contribution in [2.75, 3.05) is 63.8 Å². The summed E-state index contributed by atoms with van der Waals surface area (Å²) in [6.07, 6.45) is 2.39. The average Bonchev–Trinajstić information content (AvgIpc) is 3.32. The van der Waals surface area contributed by atoms with Gasteiger partial charge in [-0.25, -0.2) is 9.78 Å². The van der Waals surface area contributed by atoms with E-state index in [0.717, 1.165) is 32.0 Å². The normalized spacial score (nSPS) is 17.8. The summed E-state index contributed by atoms with van der Waals surface area (Å²) in [4.78, 5) is 52.0. The predicted octanol–water partition coefficient (Wildman–Crippen LogP) is 0.637. The van der Waals surface area contributed by atoms with Crippen LogP contribution in [0.2, 0.25) is 0 Å². The van der Waals surface area contributed by atoms with E-state index in [1.807, 2.05) is 28.0 Å². The largest absolute Gasteiger partial charge is 0.571 e. The molecule has 39 heavy (non-hydrogen) atoms. The molecule has 0 radical (unpaired) electrons. The summed E-state index contributed by atoms with van der Waals surface area (Å²) in [5, 5.41) is 16.3. The number of ketones is 2. The van der Waals surface area contributed by atoms with E-state index in [0.29, 0.717) is 49.7 Å². The third kappa shape index (κ3) is 4.71. The second kappa shape index (κ2) is 10.4. The standard InChI is InChI=1S/C27H30N8O4/c36-25-20-6-1-2-7-21(20)26(37)24-23(25)29-35(39)34(24)11-5-10-30-12-14-32(15-13-30)27(38)33-18-16-31(17-19-33)22-8-3-4-9-28-22/h1-4,6-9H,5,10-19H2. The number of pyridine rings is 1. The van der Waals surface area contributed by atoms with E-state index in [-0.39, 0.29) is 35.3 Å². The van der Waals surface area contributed by atoms with Crippen molar-refractivity contribution in [3.05, 3.63) is 76.4 Å². The van der Waals surface area contributed by atoms with Crippen molar-refractivity contribution in [3.63, 3.8) is 0 Å². The van der Waals surface area contributed by atoms with Gasteiger partial charge in [-0.15, -0.1) is 4.68 Å². The Morgan fingerprint density at radius 2 is 1.46 bits per heavy atom. The van der Waals surface area contributed by atoms with Gasteiger partial charge < -0.3 is 19.9 Å². The van der Waals surface area contributed by atoms with E-state index >= 15 is 0 Å². The van der Waals surface area contributed by atoms with Crippen molar-refractivity contribution in [2.45, 2.75) is 13.0 Å². The minimum Gasteiger partial charge on any atom is -0.571 e. The van der Waals surface area contributed by atoms with Crippen LogP contribution in [-0.4, -0.2) is 106 Å². The molecule has 2 amide bonds. The van der Waals surface area contributed by atoms with Gasteiger partial charge in [-0.3, -0.25) is 14.5 Å². The molecule has 0 bridgehead atoms. The minimum atomic E-state index is -0.400. The Morgan fingerprint density at radius 3 is 2.13 bits per heavy atom. The highest BCUT2D eigenvalue weighted by Crippen LogP contribution is 2.25. The summed E-state index contributed by atoms with van der Waals surface area (Å²) in [5.41, 5.74) is 0.562. The fraction of sp³-hybridized carbons (Fsp3) is 0.407. The van der Waals surface area contributed by atoms with Crippen LogP contribution in [0, 0.1) is 5.21 Å². The van der Waals surface area contributed by atoms with Crippen LogP contribution in [0.5, 0.6) is 0 Å². The Bertz CT molecular complexity index is 1390. The Morgan fingerprint density at radius 1 is 0.821 bits per heavy atom. The topological polar surface area (TPSA) is 122 Å². The molecule has 2 saturated heterocycles. The number of rotatable bonds is 5. The minimum absolute atomic E-state index is 0.0623. The van der Waals surface area contributed by atoms with Crippen LogP contribution in [0.25, 0.3) is 0 Å². The Kier molecular flexibility index (Phi) is 6.69. The van der Waals surface area contributed by atoms with E-state index < -0.39 is 5.78 Å². The molecule has 4 heterocycles. The first-order valence-corrected chi connectivity index (χ1v) is 13.3. The molecule has 6 rings (SSSR count). The summed E-state index contributed by atoms with van der Waals surface area (Å²) < 4.78 is 1.26. The van der Waals surface area contributed by atoms with E-state index in [1.54, 1.807) is 30.5 Å². The maximum atomic E-state index is 13.1. The number of anilines is 1. The zero-order valence-corrected chi connectivity index (χ0v) is 21.6. The molecule has 0 unspecified atom stereocenters. The zero-order chi connectivity index (χ0) is 26.9. The summed E-state index contributed by atoms with van der Waals surface area (Å²) in [7, 11) is 0.